The summed E-state index contributed by atoms with van der Waals surface area (Å²) in [6, 6.07) is 3.41. The van der Waals surface area contributed by atoms with Gasteiger partial charge in [0.2, 0.25) is 5.96 Å². The van der Waals surface area contributed by atoms with Crippen molar-refractivity contribution in [1.29, 1.82) is 0 Å². The summed E-state index contributed by atoms with van der Waals surface area (Å²) in [6.45, 7) is -0.0372. The van der Waals surface area contributed by atoms with Crippen molar-refractivity contribution in [1.82, 2.24) is 20.4 Å². The molecule has 2 aliphatic rings. The number of hydrogen-bond donors (Lipinski definition) is 3. The molecule has 3 heterocycles. The maximum Gasteiger partial charge on any atom is 0.416 e. The minimum atomic E-state index is -4.43. The number of H-pyrrole nitrogens is 1. The number of benzene rings is 1. The first kappa shape index (κ1) is 20.7. The SMILES string of the molecule is NC1CCCCC1NC1=Nc2c(cncc2-c2c[nH]c3cc(C(F)(F)F)ccc23)CN1F. The van der Waals surface area contributed by atoms with Gasteiger partial charge in [-0.15, -0.1) is 0 Å². The van der Waals surface area contributed by atoms with E-state index in [0.29, 0.717) is 38.4 Å². The van der Waals surface area contributed by atoms with Crippen LogP contribution in [0.15, 0.2) is 41.8 Å². The minimum absolute atomic E-state index is 0.0372. The van der Waals surface area contributed by atoms with Crippen molar-refractivity contribution in [3.63, 3.8) is 0 Å². The van der Waals surface area contributed by atoms with Gasteiger partial charge in [0.15, 0.2) is 0 Å². The van der Waals surface area contributed by atoms with E-state index >= 15 is 0 Å². The van der Waals surface area contributed by atoms with E-state index < -0.39 is 11.7 Å². The predicted molar refractivity (Wildman–Crippen MR) is 114 cm³/mol. The van der Waals surface area contributed by atoms with Crippen LogP contribution in [0, 0.1) is 0 Å². The summed E-state index contributed by atoms with van der Waals surface area (Å²) in [5.74, 6) is 0.0894. The molecule has 2 unspecified atom stereocenters. The Bertz CT molecular complexity index is 1180. The molecule has 0 radical (unpaired) electrons. The lowest BCUT2D eigenvalue weighted by Gasteiger charge is -2.33. The van der Waals surface area contributed by atoms with E-state index in [4.69, 9.17) is 5.73 Å². The molecule has 5 rings (SSSR count). The number of alkyl halides is 3. The zero-order valence-corrected chi connectivity index (χ0v) is 17.1. The summed E-state index contributed by atoms with van der Waals surface area (Å²) in [5.41, 5.74) is 8.23. The van der Waals surface area contributed by atoms with Gasteiger partial charge >= 0.3 is 6.18 Å². The van der Waals surface area contributed by atoms with Crippen LogP contribution in [0.25, 0.3) is 22.0 Å². The van der Waals surface area contributed by atoms with Crippen LogP contribution in [-0.4, -0.2) is 33.1 Å². The normalized spacial score (nSPS) is 21.4. The van der Waals surface area contributed by atoms with E-state index in [1.54, 1.807) is 18.6 Å². The third kappa shape index (κ3) is 3.68. The number of aliphatic imine (C=N–C) groups is 1. The minimum Gasteiger partial charge on any atom is -0.361 e. The van der Waals surface area contributed by atoms with Gasteiger partial charge in [-0.25, -0.2) is 4.99 Å². The van der Waals surface area contributed by atoms with Crippen LogP contribution < -0.4 is 11.1 Å². The molecular formula is C22H22F4N6. The van der Waals surface area contributed by atoms with Crippen molar-refractivity contribution in [2.75, 3.05) is 0 Å². The largest absolute Gasteiger partial charge is 0.416 e. The van der Waals surface area contributed by atoms with Gasteiger partial charge in [0.25, 0.3) is 0 Å². The highest BCUT2D eigenvalue weighted by molar-refractivity contribution is 6.00. The molecule has 1 fully saturated rings. The van der Waals surface area contributed by atoms with Crippen LogP contribution in [0.4, 0.5) is 23.3 Å². The molecule has 3 aromatic rings. The van der Waals surface area contributed by atoms with Crippen LogP contribution >= 0.6 is 0 Å². The molecule has 1 aromatic carbocycles. The van der Waals surface area contributed by atoms with E-state index in [1.807, 2.05) is 0 Å². The molecular weight excluding hydrogens is 424 g/mol. The molecule has 2 aromatic heterocycles. The summed E-state index contributed by atoms with van der Waals surface area (Å²) in [5, 5.41) is 4.30. The summed E-state index contributed by atoms with van der Waals surface area (Å²) < 4.78 is 54.0. The topological polar surface area (TPSA) is 82.3 Å². The van der Waals surface area contributed by atoms with Gasteiger partial charge in [-0.1, -0.05) is 23.4 Å². The highest BCUT2D eigenvalue weighted by Crippen LogP contribution is 2.40. The Morgan fingerprint density at radius 3 is 2.72 bits per heavy atom. The van der Waals surface area contributed by atoms with Gasteiger partial charge in [0.05, 0.1) is 17.8 Å². The molecule has 0 amide bonds. The van der Waals surface area contributed by atoms with Crippen LogP contribution in [0.3, 0.4) is 0 Å². The number of nitrogens with zero attached hydrogens (tertiary/aromatic N) is 3. The maximum absolute atomic E-state index is 14.8. The molecule has 2 atom stereocenters. The van der Waals surface area contributed by atoms with Crippen molar-refractivity contribution in [3.8, 4) is 11.1 Å². The summed E-state index contributed by atoms with van der Waals surface area (Å²) >= 11 is 0. The highest BCUT2D eigenvalue weighted by atomic mass is 19.4. The first-order valence-corrected chi connectivity index (χ1v) is 10.5. The number of fused-ring (bicyclic) bond motifs is 2. The summed E-state index contributed by atoms with van der Waals surface area (Å²) in [4.78, 5) is 11.7. The van der Waals surface area contributed by atoms with Gasteiger partial charge in [0.1, 0.15) is 0 Å². The Labute approximate surface area is 181 Å². The van der Waals surface area contributed by atoms with E-state index in [-0.39, 0.29) is 24.6 Å². The molecule has 0 bridgehead atoms. The predicted octanol–water partition coefficient (Wildman–Crippen LogP) is 4.80. The van der Waals surface area contributed by atoms with Crippen molar-refractivity contribution in [3.05, 3.63) is 47.9 Å². The van der Waals surface area contributed by atoms with Gasteiger partial charge < -0.3 is 16.0 Å². The van der Waals surface area contributed by atoms with Crippen molar-refractivity contribution >= 4 is 22.5 Å². The van der Waals surface area contributed by atoms with E-state index in [9.17, 15) is 17.7 Å². The van der Waals surface area contributed by atoms with Gasteiger partial charge in [-0.3, -0.25) is 4.98 Å². The first-order chi connectivity index (χ1) is 15.3. The molecule has 10 heteroatoms. The molecule has 0 spiro atoms. The van der Waals surface area contributed by atoms with Crippen molar-refractivity contribution in [2.24, 2.45) is 10.7 Å². The quantitative estimate of drug-likeness (QED) is 0.390. The lowest BCUT2D eigenvalue weighted by atomic mass is 9.91. The molecule has 6 nitrogen and oxygen atoms in total. The lowest BCUT2D eigenvalue weighted by molar-refractivity contribution is -0.137. The smallest absolute Gasteiger partial charge is 0.361 e. The van der Waals surface area contributed by atoms with Gasteiger partial charge in [-0.2, -0.15) is 18.3 Å². The van der Waals surface area contributed by atoms with Crippen LogP contribution in [-0.2, 0) is 12.7 Å². The van der Waals surface area contributed by atoms with Crippen molar-refractivity contribution in [2.45, 2.75) is 50.5 Å². The van der Waals surface area contributed by atoms with Crippen LogP contribution in [0.5, 0.6) is 0 Å². The number of rotatable bonds is 2. The second kappa shape index (κ2) is 7.77. The Hall–Kier alpha value is -3.14. The molecule has 4 N–H and O–H groups in total. The second-order valence-corrected chi connectivity index (χ2v) is 8.31. The number of nitrogens with one attached hydrogen (secondary N) is 2. The molecule has 1 aliphatic heterocycles. The van der Waals surface area contributed by atoms with Crippen LogP contribution in [0.2, 0.25) is 0 Å². The maximum atomic E-state index is 14.8. The zero-order chi connectivity index (χ0) is 22.5. The number of hydrogen-bond acceptors (Lipinski definition) is 5. The molecule has 32 heavy (non-hydrogen) atoms. The van der Waals surface area contributed by atoms with E-state index in [1.165, 1.54) is 6.07 Å². The monoisotopic (exact) mass is 446 g/mol. The highest BCUT2D eigenvalue weighted by Gasteiger charge is 2.31. The molecule has 0 saturated heterocycles. The Morgan fingerprint density at radius 1 is 1.12 bits per heavy atom. The van der Waals surface area contributed by atoms with Crippen LogP contribution in [0.1, 0.15) is 36.8 Å². The fraction of sp³-hybridized carbons (Fsp3) is 0.364. The number of aromatic nitrogens is 2. The average Bonchev–Trinajstić information content (AvgIpc) is 3.18. The standard InChI is InChI=1S/C22H22F4N6/c23-22(24,25)13-5-6-14-15(10-29-19(14)7-13)16-9-28-8-12-11-32(26)21(31-20(12)16)30-18-4-2-1-3-17(18)27/h5-10,17-18,29H,1-4,11,27H2,(H,30,31). The fourth-order valence-electron chi connectivity index (χ4n) is 4.46. The third-order valence-corrected chi connectivity index (χ3v) is 6.18. The Kier molecular flexibility index (Phi) is 5.04. The number of aromatic amines is 1. The molecule has 168 valence electrons. The number of guanidine groups is 1. The first-order valence-electron chi connectivity index (χ1n) is 10.5. The number of halogens is 4. The zero-order valence-electron chi connectivity index (χ0n) is 17.1. The lowest BCUT2D eigenvalue weighted by Crippen LogP contribution is -2.52. The number of nitrogens with two attached hydrogens (primary N) is 1. The Morgan fingerprint density at radius 2 is 1.94 bits per heavy atom. The van der Waals surface area contributed by atoms with Gasteiger partial charge in [-0.05, 0) is 25.0 Å². The van der Waals surface area contributed by atoms with Crippen molar-refractivity contribution < 1.29 is 17.7 Å². The Balaban J connectivity index is 1.55. The molecule has 1 saturated carbocycles. The molecule has 1 aliphatic carbocycles. The second-order valence-electron chi connectivity index (χ2n) is 8.31. The fourth-order valence-corrected chi connectivity index (χ4v) is 4.46. The summed E-state index contributed by atoms with van der Waals surface area (Å²) in [7, 11) is 0. The van der Waals surface area contributed by atoms with E-state index in [2.05, 4.69) is 20.3 Å². The average molecular weight is 446 g/mol. The van der Waals surface area contributed by atoms with Gasteiger partial charge in [0, 0.05) is 58.3 Å². The third-order valence-electron chi connectivity index (χ3n) is 6.18. The summed E-state index contributed by atoms with van der Waals surface area (Å²) in [6.07, 6.45) is 4.14. The number of pyridine rings is 1. The van der Waals surface area contributed by atoms with E-state index in [0.717, 1.165) is 37.8 Å².